The molecule has 0 spiro atoms. The van der Waals surface area contributed by atoms with Gasteiger partial charge >= 0.3 is 12.1 Å². The number of nitrogens with one attached hydrogen (secondary N) is 2. The number of carbonyl (C=O) groups excluding carboxylic acids is 1. The van der Waals surface area contributed by atoms with Gasteiger partial charge in [-0.15, -0.1) is 12.4 Å². The van der Waals surface area contributed by atoms with Gasteiger partial charge in [-0.1, -0.05) is 11.8 Å². The normalized spacial score (nSPS) is 16.0. The van der Waals surface area contributed by atoms with E-state index in [2.05, 4.69) is 20.5 Å². The third kappa shape index (κ3) is 5.88. The van der Waals surface area contributed by atoms with Crippen molar-refractivity contribution in [2.75, 3.05) is 43.4 Å². The number of nitrogens with zero attached hydrogens (tertiary/aromatic N) is 2. The Balaban J connectivity index is 0.00000324. The predicted molar refractivity (Wildman–Crippen MR) is 128 cm³/mol. The first-order chi connectivity index (χ1) is 15.8. The summed E-state index contributed by atoms with van der Waals surface area (Å²) in [5, 5.41) is 6.49. The summed E-state index contributed by atoms with van der Waals surface area (Å²) in [6.45, 7) is 5.02. The molecular formula is C22H27ClF3N5O2S. The van der Waals surface area contributed by atoms with E-state index in [0.29, 0.717) is 33.5 Å². The molecular weight excluding hydrogens is 491 g/mol. The van der Waals surface area contributed by atoms with E-state index in [-0.39, 0.29) is 30.6 Å². The summed E-state index contributed by atoms with van der Waals surface area (Å²) >= 11 is 1.15. The maximum Gasteiger partial charge on any atom is 0.416 e. The van der Waals surface area contributed by atoms with Crippen LogP contribution in [0, 0.1) is 0 Å². The van der Waals surface area contributed by atoms with Crippen molar-refractivity contribution in [1.29, 1.82) is 0 Å². The largest absolute Gasteiger partial charge is 0.462 e. The van der Waals surface area contributed by atoms with Crippen molar-refractivity contribution in [3.05, 3.63) is 35.5 Å². The van der Waals surface area contributed by atoms with E-state index in [1.54, 1.807) is 13.0 Å². The molecule has 0 bridgehead atoms. The smallest absolute Gasteiger partial charge is 0.416 e. The van der Waals surface area contributed by atoms with Crippen LogP contribution in [0.4, 0.5) is 30.4 Å². The molecule has 0 amide bonds. The molecule has 4 N–H and O–H groups in total. The lowest BCUT2D eigenvalue weighted by molar-refractivity contribution is -0.137. The van der Waals surface area contributed by atoms with Crippen LogP contribution in [0.15, 0.2) is 34.2 Å². The maximum absolute atomic E-state index is 13.7. The van der Waals surface area contributed by atoms with Crippen molar-refractivity contribution in [2.45, 2.75) is 41.8 Å². The van der Waals surface area contributed by atoms with Gasteiger partial charge in [0.15, 0.2) is 0 Å². The number of benzene rings is 1. The standard InChI is InChI=1S/C22H26F3N5O2S.ClH/c1-2-32-21(31)13-9-18-20(27-12-13)29-19-16(10-14(22(23,24)25)11-17(19)33-18)28-15-3-6-30(7-4-15)8-5-26;/h9-12,15,28H,2-8,26H2,1H3,(H,27,29);1H. The first-order valence-electron chi connectivity index (χ1n) is 10.8. The lowest BCUT2D eigenvalue weighted by atomic mass is 10.0. The van der Waals surface area contributed by atoms with Crippen molar-refractivity contribution < 1.29 is 22.7 Å². The van der Waals surface area contributed by atoms with Crippen LogP contribution in [-0.2, 0) is 10.9 Å². The molecule has 0 aliphatic carbocycles. The number of likely N-dealkylation sites (tertiary alicyclic amines) is 1. The number of esters is 1. The summed E-state index contributed by atoms with van der Waals surface area (Å²) in [5.41, 5.74) is 6.10. The van der Waals surface area contributed by atoms with Gasteiger partial charge in [0, 0.05) is 43.3 Å². The summed E-state index contributed by atoms with van der Waals surface area (Å²) in [4.78, 5) is 19.6. The Morgan fingerprint density at radius 2 is 2.03 bits per heavy atom. The molecule has 2 aliphatic heterocycles. The number of alkyl halides is 3. The number of ether oxygens (including phenoxy) is 1. The van der Waals surface area contributed by atoms with Crippen LogP contribution >= 0.6 is 24.2 Å². The second-order valence-electron chi connectivity index (χ2n) is 7.96. The van der Waals surface area contributed by atoms with Gasteiger partial charge in [0.25, 0.3) is 0 Å². The monoisotopic (exact) mass is 517 g/mol. The quantitative estimate of drug-likeness (QED) is 0.404. The SMILES string of the molecule is CCOC(=O)c1cnc2c(c1)Sc1cc(C(F)(F)F)cc(NC3CCN(CCN)CC3)c1N2.Cl. The number of anilines is 3. The second-order valence-corrected chi connectivity index (χ2v) is 9.05. The van der Waals surface area contributed by atoms with Gasteiger partial charge in [0.2, 0.25) is 0 Å². The number of nitrogens with two attached hydrogens (primary N) is 1. The number of hydrogen-bond acceptors (Lipinski definition) is 8. The van der Waals surface area contributed by atoms with Crippen molar-refractivity contribution in [3.8, 4) is 0 Å². The minimum atomic E-state index is -4.48. The molecule has 0 atom stereocenters. The number of carbonyl (C=O) groups is 1. The highest BCUT2D eigenvalue weighted by Crippen LogP contribution is 2.49. The van der Waals surface area contributed by atoms with Crippen molar-refractivity contribution in [3.63, 3.8) is 0 Å². The molecule has 1 aromatic carbocycles. The highest BCUT2D eigenvalue weighted by molar-refractivity contribution is 7.99. The van der Waals surface area contributed by atoms with Crippen molar-refractivity contribution in [1.82, 2.24) is 9.88 Å². The number of pyridine rings is 1. The van der Waals surface area contributed by atoms with Gasteiger partial charge < -0.3 is 26.0 Å². The first-order valence-corrected chi connectivity index (χ1v) is 11.7. The zero-order chi connectivity index (χ0) is 23.6. The van der Waals surface area contributed by atoms with Crippen LogP contribution in [0.3, 0.4) is 0 Å². The van der Waals surface area contributed by atoms with E-state index >= 15 is 0 Å². The van der Waals surface area contributed by atoms with E-state index in [0.717, 1.165) is 56.4 Å². The van der Waals surface area contributed by atoms with Crippen LogP contribution in [0.2, 0.25) is 0 Å². The predicted octanol–water partition coefficient (Wildman–Crippen LogP) is 4.74. The van der Waals surface area contributed by atoms with Crippen LogP contribution in [0.5, 0.6) is 0 Å². The lowest BCUT2D eigenvalue weighted by Gasteiger charge is -2.33. The number of piperidine rings is 1. The number of rotatable bonds is 6. The summed E-state index contributed by atoms with van der Waals surface area (Å²) < 4.78 is 46.0. The number of fused-ring (bicyclic) bond motifs is 2. The van der Waals surface area contributed by atoms with Crippen LogP contribution < -0.4 is 16.4 Å². The lowest BCUT2D eigenvalue weighted by Crippen LogP contribution is -2.41. The fourth-order valence-corrected chi connectivity index (χ4v) is 5.06. The molecule has 34 heavy (non-hydrogen) atoms. The third-order valence-corrected chi connectivity index (χ3v) is 6.72. The molecule has 3 heterocycles. The van der Waals surface area contributed by atoms with Gasteiger partial charge in [0.05, 0.1) is 34.0 Å². The molecule has 186 valence electrons. The Morgan fingerprint density at radius 1 is 1.29 bits per heavy atom. The molecule has 4 rings (SSSR count). The molecule has 0 saturated carbocycles. The highest BCUT2D eigenvalue weighted by Gasteiger charge is 2.34. The van der Waals surface area contributed by atoms with Gasteiger partial charge in [-0.05, 0) is 38.0 Å². The topological polar surface area (TPSA) is 92.5 Å². The Bertz CT molecular complexity index is 1030. The van der Waals surface area contributed by atoms with E-state index < -0.39 is 17.7 Å². The Morgan fingerprint density at radius 3 is 2.68 bits per heavy atom. The Kier molecular flexibility index (Phi) is 8.56. The molecule has 1 saturated heterocycles. The minimum absolute atomic E-state index is 0. The summed E-state index contributed by atoms with van der Waals surface area (Å²) in [7, 11) is 0. The molecule has 1 aromatic heterocycles. The van der Waals surface area contributed by atoms with Crippen LogP contribution in [0.25, 0.3) is 0 Å². The highest BCUT2D eigenvalue weighted by atomic mass is 35.5. The molecule has 0 unspecified atom stereocenters. The fraction of sp³-hybridized carbons (Fsp3) is 0.455. The molecule has 7 nitrogen and oxygen atoms in total. The molecule has 0 radical (unpaired) electrons. The van der Waals surface area contributed by atoms with Gasteiger partial charge in [-0.3, -0.25) is 0 Å². The molecule has 2 aromatic rings. The maximum atomic E-state index is 13.7. The van der Waals surface area contributed by atoms with Crippen LogP contribution in [-0.4, -0.2) is 54.7 Å². The van der Waals surface area contributed by atoms with Gasteiger partial charge in [-0.2, -0.15) is 13.2 Å². The Labute approximate surface area is 206 Å². The summed E-state index contributed by atoms with van der Waals surface area (Å²) in [6, 6.07) is 3.92. The average molecular weight is 518 g/mol. The number of hydrogen-bond donors (Lipinski definition) is 3. The van der Waals surface area contributed by atoms with Crippen molar-refractivity contribution >= 4 is 47.3 Å². The zero-order valence-corrected chi connectivity index (χ0v) is 20.2. The minimum Gasteiger partial charge on any atom is -0.462 e. The summed E-state index contributed by atoms with van der Waals surface area (Å²) in [5.74, 6) is -0.0345. The van der Waals surface area contributed by atoms with Gasteiger partial charge in [-0.25, -0.2) is 9.78 Å². The van der Waals surface area contributed by atoms with Crippen LogP contribution in [0.1, 0.15) is 35.7 Å². The van der Waals surface area contributed by atoms with Gasteiger partial charge in [0.1, 0.15) is 5.82 Å². The third-order valence-electron chi connectivity index (χ3n) is 5.65. The second kappa shape index (κ2) is 11.0. The zero-order valence-electron chi connectivity index (χ0n) is 18.6. The summed E-state index contributed by atoms with van der Waals surface area (Å²) in [6.07, 6.45) is -1.45. The molecule has 2 aliphatic rings. The first kappa shape index (κ1) is 26.4. The average Bonchev–Trinajstić information content (AvgIpc) is 2.78. The number of halogens is 4. The molecule has 12 heteroatoms. The Hall–Kier alpha value is -2.21. The van der Waals surface area contributed by atoms with E-state index in [4.69, 9.17) is 10.5 Å². The van der Waals surface area contributed by atoms with E-state index in [9.17, 15) is 18.0 Å². The van der Waals surface area contributed by atoms with E-state index in [1.165, 1.54) is 6.20 Å². The number of aromatic nitrogens is 1. The van der Waals surface area contributed by atoms with Crippen molar-refractivity contribution in [2.24, 2.45) is 5.73 Å². The van der Waals surface area contributed by atoms with E-state index in [1.807, 2.05) is 0 Å². The molecule has 1 fully saturated rings. The fourth-order valence-electron chi connectivity index (χ4n) is 3.98.